The average molecular weight is 439 g/mol. The lowest BCUT2D eigenvalue weighted by atomic mass is 10.2. The van der Waals surface area contributed by atoms with E-state index in [0.29, 0.717) is 40.2 Å². The first-order valence-corrected chi connectivity index (χ1v) is 9.78. The van der Waals surface area contributed by atoms with E-state index in [0.717, 1.165) is 11.1 Å². The van der Waals surface area contributed by atoms with Crippen molar-refractivity contribution in [2.45, 2.75) is 6.61 Å². The molecule has 158 valence electrons. The molecule has 0 bridgehead atoms. The summed E-state index contributed by atoms with van der Waals surface area (Å²) in [6.45, 7) is 0.534. The molecular weight excluding hydrogens is 420 g/mol. The summed E-state index contributed by atoms with van der Waals surface area (Å²) in [7, 11) is 1.56. The Hall–Kier alpha value is -3.71. The van der Waals surface area contributed by atoms with Crippen LogP contribution in [0, 0.1) is 0 Å². The van der Waals surface area contributed by atoms with Gasteiger partial charge in [-0.2, -0.15) is 5.10 Å². The maximum absolute atomic E-state index is 12.3. The third kappa shape index (κ3) is 5.07. The van der Waals surface area contributed by atoms with Crippen molar-refractivity contribution in [2.24, 2.45) is 5.10 Å². The van der Waals surface area contributed by atoms with E-state index < -0.39 is 0 Å². The number of rotatable bonds is 7. The van der Waals surface area contributed by atoms with E-state index in [1.54, 1.807) is 37.4 Å². The van der Waals surface area contributed by atoms with Gasteiger partial charge in [-0.15, -0.1) is 0 Å². The van der Waals surface area contributed by atoms with Crippen LogP contribution in [0.15, 0.2) is 65.8 Å². The zero-order valence-electron chi connectivity index (χ0n) is 16.6. The van der Waals surface area contributed by atoms with Crippen LogP contribution in [0.2, 0.25) is 5.02 Å². The molecule has 1 aliphatic heterocycles. The Morgan fingerprint density at radius 3 is 2.68 bits per heavy atom. The molecule has 3 aromatic carbocycles. The number of methoxy groups -OCH3 is 1. The molecule has 1 amide bonds. The third-order valence-electron chi connectivity index (χ3n) is 4.51. The first-order chi connectivity index (χ1) is 15.1. The van der Waals surface area contributed by atoms with Crippen molar-refractivity contribution in [3.05, 3.63) is 82.4 Å². The molecule has 0 aromatic heterocycles. The number of hydrogen-bond donors (Lipinski definition) is 1. The molecule has 1 heterocycles. The van der Waals surface area contributed by atoms with Crippen molar-refractivity contribution < 1.29 is 23.7 Å². The normalized spacial score (nSPS) is 12.1. The molecule has 0 aliphatic carbocycles. The lowest BCUT2D eigenvalue weighted by molar-refractivity contribution is 0.0954. The second-order valence-corrected chi connectivity index (χ2v) is 7.03. The average Bonchev–Trinajstić information content (AvgIpc) is 3.27. The monoisotopic (exact) mass is 438 g/mol. The van der Waals surface area contributed by atoms with Crippen molar-refractivity contribution in [2.75, 3.05) is 13.9 Å². The first kappa shape index (κ1) is 20.6. The number of amides is 1. The Labute approximate surface area is 184 Å². The molecular formula is C23H19ClN2O5. The molecule has 0 fully saturated rings. The first-order valence-electron chi connectivity index (χ1n) is 9.41. The van der Waals surface area contributed by atoms with Gasteiger partial charge in [0.15, 0.2) is 23.0 Å². The molecule has 0 unspecified atom stereocenters. The number of hydrogen-bond acceptors (Lipinski definition) is 6. The SMILES string of the molecule is COc1cc(/C=N/NC(=O)c2ccc3c(c2)OCO3)ccc1OCc1ccc(Cl)cc1. The second-order valence-electron chi connectivity index (χ2n) is 6.59. The number of nitrogens with one attached hydrogen (secondary N) is 1. The smallest absolute Gasteiger partial charge is 0.271 e. The van der Waals surface area contributed by atoms with Crippen molar-refractivity contribution in [3.8, 4) is 23.0 Å². The van der Waals surface area contributed by atoms with Crippen molar-refractivity contribution in [1.82, 2.24) is 5.43 Å². The van der Waals surface area contributed by atoms with Crippen LogP contribution in [-0.2, 0) is 6.61 Å². The summed E-state index contributed by atoms with van der Waals surface area (Å²) in [5.41, 5.74) is 4.64. The number of carbonyl (C=O) groups is 1. The molecule has 4 rings (SSSR count). The van der Waals surface area contributed by atoms with E-state index in [-0.39, 0.29) is 12.7 Å². The molecule has 0 atom stereocenters. The van der Waals surface area contributed by atoms with Gasteiger partial charge in [0.25, 0.3) is 5.91 Å². The van der Waals surface area contributed by atoms with Gasteiger partial charge < -0.3 is 18.9 Å². The van der Waals surface area contributed by atoms with Gasteiger partial charge in [-0.25, -0.2) is 5.43 Å². The van der Waals surface area contributed by atoms with Crippen LogP contribution in [0.3, 0.4) is 0 Å². The van der Waals surface area contributed by atoms with Gasteiger partial charge in [0.05, 0.1) is 13.3 Å². The van der Waals surface area contributed by atoms with Crippen LogP contribution >= 0.6 is 11.6 Å². The van der Waals surface area contributed by atoms with E-state index in [1.165, 1.54) is 6.21 Å². The fraction of sp³-hybridized carbons (Fsp3) is 0.130. The number of nitrogens with zero attached hydrogens (tertiary/aromatic N) is 1. The summed E-state index contributed by atoms with van der Waals surface area (Å²) < 4.78 is 21.8. The van der Waals surface area contributed by atoms with Gasteiger partial charge in [0.2, 0.25) is 6.79 Å². The second kappa shape index (κ2) is 9.40. The number of ether oxygens (including phenoxy) is 4. The number of carbonyl (C=O) groups excluding carboxylic acids is 1. The van der Waals surface area contributed by atoms with Crippen LogP contribution in [-0.4, -0.2) is 26.0 Å². The van der Waals surface area contributed by atoms with E-state index >= 15 is 0 Å². The zero-order chi connectivity index (χ0) is 21.6. The van der Waals surface area contributed by atoms with E-state index in [9.17, 15) is 4.79 Å². The summed E-state index contributed by atoms with van der Waals surface area (Å²) in [5, 5.41) is 4.69. The zero-order valence-corrected chi connectivity index (χ0v) is 17.4. The van der Waals surface area contributed by atoms with Gasteiger partial charge in [0, 0.05) is 10.6 Å². The predicted molar refractivity (Wildman–Crippen MR) is 116 cm³/mol. The van der Waals surface area contributed by atoms with Crippen LogP contribution < -0.4 is 24.4 Å². The third-order valence-corrected chi connectivity index (χ3v) is 4.76. The Morgan fingerprint density at radius 1 is 1.06 bits per heavy atom. The van der Waals surface area contributed by atoms with Gasteiger partial charge >= 0.3 is 0 Å². The maximum atomic E-state index is 12.3. The Bertz CT molecular complexity index is 1120. The van der Waals surface area contributed by atoms with Gasteiger partial charge in [-0.05, 0) is 59.7 Å². The number of benzene rings is 3. The Morgan fingerprint density at radius 2 is 1.87 bits per heavy atom. The summed E-state index contributed by atoms with van der Waals surface area (Å²) in [5.74, 6) is 1.95. The van der Waals surface area contributed by atoms with Gasteiger partial charge in [-0.1, -0.05) is 23.7 Å². The minimum absolute atomic E-state index is 0.153. The highest BCUT2D eigenvalue weighted by Crippen LogP contribution is 2.32. The fourth-order valence-corrected chi connectivity index (χ4v) is 3.02. The number of halogens is 1. The minimum atomic E-state index is -0.357. The largest absolute Gasteiger partial charge is 0.493 e. The summed E-state index contributed by atoms with van der Waals surface area (Å²) >= 11 is 5.90. The summed E-state index contributed by atoms with van der Waals surface area (Å²) in [4.78, 5) is 12.3. The molecule has 0 saturated carbocycles. The molecule has 8 heteroatoms. The maximum Gasteiger partial charge on any atom is 0.271 e. The molecule has 7 nitrogen and oxygen atoms in total. The topological polar surface area (TPSA) is 78.4 Å². The highest BCUT2D eigenvalue weighted by atomic mass is 35.5. The van der Waals surface area contributed by atoms with Crippen molar-refractivity contribution in [1.29, 1.82) is 0 Å². The number of hydrazone groups is 1. The molecule has 0 saturated heterocycles. The molecule has 1 aliphatic rings. The molecule has 1 N–H and O–H groups in total. The molecule has 0 spiro atoms. The number of fused-ring (bicyclic) bond motifs is 1. The molecule has 31 heavy (non-hydrogen) atoms. The standard InChI is InChI=1S/C23H19ClN2O5/c1-28-21-10-16(4-8-19(21)29-13-15-2-6-18(24)7-3-15)12-25-26-23(27)17-5-9-20-22(11-17)31-14-30-20/h2-12H,13-14H2,1H3,(H,26,27)/b25-12+. The van der Waals surface area contributed by atoms with Crippen LogP contribution in [0.1, 0.15) is 21.5 Å². The van der Waals surface area contributed by atoms with Gasteiger partial charge in [0.1, 0.15) is 6.61 Å². The fourth-order valence-electron chi connectivity index (χ4n) is 2.89. The van der Waals surface area contributed by atoms with Crippen LogP contribution in [0.4, 0.5) is 0 Å². The van der Waals surface area contributed by atoms with Crippen LogP contribution in [0.25, 0.3) is 0 Å². The Balaban J connectivity index is 1.37. The lowest BCUT2D eigenvalue weighted by Crippen LogP contribution is -2.17. The highest BCUT2D eigenvalue weighted by molar-refractivity contribution is 6.30. The minimum Gasteiger partial charge on any atom is -0.493 e. The highest BCUT2D eigenvalue weighted by Gasteiger charge is 2.15. The Kier molecular flexibility index (Phi) is 6.24. The lowest BCUT2D eigenvalue weighted by Gasteiger charge is -2.11. The summed E-state index contributed by atoms with van der Waals surface area (Å²) in [6.07, 6.45) is 1.52. The molecule has 0 radical (unpaired) electrons. The van der Waals surface area contributed by atoms with E-state index in [1.807, 2.05) is 30.3 Å². The van der Waals surface area contributed by atoms with Crippen molar-refractivity contribution in [3.63, 3.8) is 0 Å². The molecule has 3 aromatic rings. The predicted octanol–water partition coefficient (Wildman–Crippen LogP) is 4.42. The quantitative estimate of drug-likeness (QED) is 0.436. The van der Waals surface area contributed by atoms with E-state index in [4.69, 9.17) is 30.5 Å². The van der Waals surface area contributed by atoms with Gasteiger partial charge in [-0.3, -0.25) is 4.79 Å². The van der Waals surface area contributed by atoms with Crippen molar-refractivity contribution >= 4 is 23.7 Å². The van der Waals surface area contributed by atoms with Crippen LogP contribution in [0.5, 0.6) is 23.0 Å². The van der Waals surface area contributed by atoms with E-state index in [2.05, 4.69) is 10.5 Å². The summed E-state index contributed by atoms with van der Waals surface area (Å²) in [6, 6.07) is 17.8.